The van der Waals surface area contributed by atoms with Crippen molar-refractivity contribution in [1.29, 1.82) is 5.26 Å². The minimum atomic E-state index is -0.517. The number of hydrogen-bond acceptors (Lipinski definition) is 6. The Morgan fingerprint density at radius 1 is 1.00 bits per heavy atom. The van der Waals surface area contributed by atoms with Gasteiger partial charge in [0.1, 0.15) is 11.9 Å². The molecule has 8 heteroatoms. The van der Waals surface area contributed by atoms with Gasteiger partial charge in [-0.3, -0.25) is 18.8 Å². The highest BCUT2D eigenvalue weighted by Crippen LogP contribution is 2.20. The largest absolute Gasteiger partial charge is 0.354 e. The lowest BCUT2D eigenvalue weighted by molar-refractivity contribution is 0.106. The van der Waals surface area contributed by atoms with Gasteiger partial charge in [0, 0.05) is 52.9 Å². The summed E-state index contributed by atoms with van der Waals surface area (Å²) in [4.78, 5) is 31.4. The lowest BCUT2D eigenvalue weighted by Crippen LogP contribution is -2.55. The van der Waals surface area contributed by atoms with Gasteiger partial charge in [0.2, 0.25) is 0 Å². The van der Waals surface area contributed by atoms with Gasteiger partial charge in [0.25, 0.3) is 5.56 Å². The van der Waals surface area contributed by atoms with E-state index in [0.29, 0.717) is 11.9 Å². The average molecular weight is 346 g/mol. The molecule has 0 spiro atoms. The molecule has 1 atom stereocenters. The molecule has 1 aromatic rings. The van der Waals surface area contributed by atoms with Crippen LogP contribution in [0, 0.1) is 11.3 Å². The second-order valence-corrected chi connectivity index (χ2v) is 7.10. The smallest absolute Gasteiger partial charge is 0.332 e. The second-order valence-electron chi connectivity index (χ2n) is 7.10. The molecule has 0 amide bonds. The number of aromatic nitrogens is 2. The van der Waals surface area contributed by atoms with E-state index in [2.05, 4.69) is 16.8 Å². The van der Waals surface area contributed by atoms with Gasteiger partial charge in [0.05, 0.1) is 0 Å². The number of nitrogens with zero attached hydrogens (tertiary/aromatic N) is 6. The average Bonchev–Trinajstić information content (AvgIpc) is 2.63. The van der Waals surface area contributed by atoms with Crippen LogP contribution >= 0.6 is 0 Å². The minimum Gasteiger partial charge on any atom is -0.354 e. The standard InChI is InChI=1S/C17H26N6O2/c1-19-6-4-5-13(12-19)22-7-9-23(10-8-22)15-14(11-18)16(24)21(3)17(25)20(15)2/h13H,4-10,12H2,1-3H3. The molecule has 25 heavy (non-hydrogen) atoms. The van der Waals surface area contributed by atoms with Crippen molar-refractivity contribution in [2.24, 2.45) is 14.1 Å². The van der Waals surface area contributed by atoms with Crippen molar-refractivity contribution in [2.75, 3.05) is 51.2 Å². The third-order valence-electron chi connectivity index (χ3n) is 5.48. The highest BCUT2D eigenvalue weighted by atomic mass is 16.2. The van der Waals surface area contributed by atoms with E-state index in [1.54, 1.807) is 7.05 Å². The van der Waals surface area contributed by atoms with Crippen LogP contribution in [0.1, 0.15) is 18.4 Å². The van der Waals surface area contributed by atoms with Crippen LogP contribution in [-0.2, 0) is 14.1 Å². The van der Waals surface area contributed by atoms with Gasteiger partial charge in [-0.15, -0.1) is 0 Å². The molecule has 1 aromatic heterocycles. The molecule has 2 saturated heterocycles. The third kappa shape index (κ3) is 3.22. The Kier molecular flexibility index (Phi) is 4.97. The lowest BCUT2D eigenvalue weighted by atomic mass is 10.0. The van der Waals surface area contributed by atoms with Gasteiger partial charge < -0.3 is 9.80 Å². The number of likely N-dealkylation sites (N-methyl/N-ethyl adjacent to an activating group) is 1. The molecule has 0 bridgehead atoms. The molecule has 1 unspecified atom stereocenters. The van der Waals surface area contributed by atoms with Crippen molar-refractivity contribution >= 4 is 5.82 Å². The summed E-state index contributed by atoms with van der Waals surface area (Å²) in [7, 11) is 5.20. The SMILES string of the molecule is CN1CCCC(N2CCN(c3c(C#N)c(=O)n(C)c(=O)n3C)CC2)C1. The molecule has 0 aliphatic carbocycles. The summed E-state index contributed by atoms with van der Waals surface area (Å²) in [6.45, 7) is 5.45. The van der Waals surface area contributed by atoms with E-state index < -0.39 is 11.2 Å². The summed E-state index contributed by atoms with van der Waals surface area (Å²) in [5.41, 5.74) is -0.859. The van der Waals surface area contributed by atoms with Crippen molar-refractivity contribution in [3.8, 4) is 6.07 Å². The molecule has 0 aromatic carbocycles. The van der Waals surface area contributed by atoms with Crippen LogP contribution < -0.4 is 16.1 Å². The zero-order valence-corrected chi connectivity index (χ0v) is 15.2. The van der Waals surface area contributed by atoms with Gasteiger partial charge in [-0.25, -0.2) is 4.79 Å². The Labute approximate surface area is 147 Å². The summed E-state index contributed by atoms with van der Waals surface area (Å²) in [5, 5.41) is 9.43. The highest BCUT2D eigenvalue weighted by molar-refractivity contribution is 5.53. The van der Waals surface area contributed by atoms with Crippen LogP contribution in [0.25, 0.3) is 0 Å². The molecule has 0 radical (unpaired) electrons. The normalized spacial score (nSPS) is 22.8. The van der Waals surface area contributed by atoms with Crippen LogP contribution in [0.4, 0.5) is 5.82 Å². The molecule has 3 heterocycles. The van der Waals surface area contributed by atoms with Crippen LogP contribution in [0.5, 0.6) is 0 Å². The maximum atomic E-state index is 12.3. The van der Waals surface area contributed by atoms with E-state index in [-0.39, 0.29) is 5.56 Å². The summed E-state index contributed by atoms with van der Waals surface area (Å²) in [6.07, 6.45) is 2.45. The minimum absolute atomic E-state index is 0.0513. The van der Waals surface area contributed by atoms with E-state index in [1.165, 1.54) is 24.5 Å². The van der Waals surface area contributed by atoms with Crippen LogP contribution in [-0.4, -0.2) is 71.3 Å². The van der Waals surface area contributed by atoms with Gasteiger partial charge in [-0.1, -0.05) is 0 Å². The van der Waals surface area contributed by atoms with Gasteiger partial charge >= 0.3 is 5.69 Å². The van der Waals surface area contributed by atoms with Crippen molar-refractivity contribution in [2.45, 2.75) is 18.9 Å². The summed E-state index contributed by atoms with van der Waals surface area (Å²) < 4.78 is 2.42. The predicted molar refractivity (Wildman–Crippen MR) is 95.9 cm³/mol. The monoisotopic (exact) mass is 346 g/mol. The summed E-state index contributed by atoms with van der Waals surface area (Å²) in [6, 6.07) is 2.57. The molecule has 2 aliphatic rings. The van der Waals surface area contributed by atoms with E-state index in [1.807, 2.05) is 11.0 Å². The van der Waals surface area contributed by atoms with Crippen molar-refractivity contribution in [3.63, 3.8) is 0 Å². The number of nitriles is 1. The first kappa shape index (κ1) is 17.7. The molecule has 136 valence electrons. The Bertz CT molecular complexity index is 797. The number of hydrogen-bond donors (Lipinski definition) is 0. The zero-order chi connectivity index (χ0) is 18.1. The van der Waals surface area contributed by atoms with Crippen molar-refractivity contribution in [1.82, 2.24) is 18.9 Å². The molecule has 8 nitrogen and oxygen atoms in total. The second kappa shape index (κ2) is 7.02. The third-order valence-corrected chi connectivity index (χ3v) is 5.48. The van der Waals surface area contributed by atoms with Crippen LogP contribution in [0.2, 0.25) is 0 Å². The molecule has 2 fully saturated rings. The highest BCUT2D eigenvalue weighted by Gasteiger charge is 2.29. The zero-order valence-electron chi connectivity index (χ0n) is 15.2. The van der Waals surface area contributed by atoms with Crippen molar-refractivity contribution < 1.29 is 0 Å². The number of piperazine rings is 1. The van der Waals surface area contributed by atoms with Crippen LogP contribution in [0.15, 0.2) is 9.59 Å². The Hall–Kier alpha value is -2.11. The lowest BCUT2D eigenvalue weighted by Gasteiger charge is -2.43. The van der Waals surface area contributed by atoms with Gasteiger partial charge in [-0.2, -0.15) is 5.26 Å². The summed E-state index contributed by atoms with van der Waals surface area (Å²) in [5.74, 6) is 0.455. The van der Waals surface area contributed by atoms with Gasteiger partial charge in [0.15, 0.2) is 5.56 Å². The molecule has 0 N–H and O–H groups in total. The first-order valence-electron chi connectivity index (χ1n) is 8.81. The molecular weight excluding hydrogens is 320 g/mol. The number of anilines is 1. The molecular formula is C17H26N6O2. The van der Waals surface area contributed by atoms with Crippen LogP contribution in [0.3, 0.4) is 0 Å². The fourth-order valence-corrected chi connectivity index (χ4v) is 4.04. The molecule has 3 rings (SSSR count). The van der Waals surface area contributed by atoms with Crippen molar-refractivity contribution in [3.05, 3.63) is 26.4 Å². The summed E-state index contributed by atoms with van der Waals surface area (Å²) >= 11 is 0. The first-order chi connectivity index (χ1) is 11.9. The van der Waals surface area contributed by atoms with Gasteiger partial charge in [-0.05, 0) is 26.4 Å². The molecule has 0 saturated carbocycles. The molecule has 2 aliphatic heterocycles. The number of likely N-dealkylation sites (tertiary alicyclic amines) is 1. The Morgan fingerprint density at radius 2 is 1.68 bits per heavy atom. The van der Waals surface area contributed by atoms with E-state index in [4.69, 9.17) is 0 Å². The predicted octanol–water partition coefficient (Wildman–Crippen LogP) is -0.828. The fourth-order valence-electron chi connectivity index (χ4n) is 4.04. The fraction of sp³-hybridized carbons (Fsp3) is 0.706. The quantitative estimate of drug-likeness (QED) is 0.696. The maximum absolute atomic E-state index is 12.3. The Morgan fingerprint density at radius 3 is 2.28 bits per heavy atom. The van der Waals surface area contributed by atoms with E-state index in [9.17, 15) is 14.9 Å². The maximum Gasteiger partial charge on any atom is 0.332 e. The van der Waals surface area contributed by atoms with E-state index in [0.717, 1.165) is 43.8 Å². The Balaban J connectivity index is 1.81. The number of rotatable bonds is 2. The topological polar surface area (TPSA) is 77.5 Å². The first-order valence-corrected chi connectivity index (χ1v) is 8.81. The van der Waals surface area contributed by atoms with E-state index >= 15 is 0 Å². The number of piperidine rings is 1.